The molecule has 0 bridgehead atoms. The number of halogens is 1. The number of esters is 1. The predicted octanol–water partition coefficient (Wildman–Crippen LogP) is 1.16. The van der Waals surface area contributed by atoms with Crippen LogP contribution in [0.3, 0.4) is 0 Å². The Bertz CT molecular complexity index is 281. The molecule has 0 aromatic carbocycles. The number of aromatic nitrogens is 1. The smallest absolute Gasteiger partial charge is 0.356 e. The number of methoxy groups -OCH3 is 1. The van der Waals surface area contributed by atoms with Crippen LogP contribution in [0.1, 0.15) is 10.5 Å². The monoisotopic (exact) mass is 175 g/mol. The van der Waals surface area contributed by atoms with E-state index in [2.05, 4.69) is 9.72 Å². The van der Waals surface area contributed by atoms with Crippen molar-refractivity contribution in [3.8, 4) is 5.75 Å². The molecule has 0 spiro atoms. The topological polar surface area (TPSA) is 62.3 Å². The van der Waals surface area contributed by atoms with Gasteiger partial charge in [0.2, 0.25) is 0 Å². The Labute approximate surface area is 67.7 Å². The van der Waals surface area contributed by atoms with Crippen molar-refractivity contribution < 1.29 is 14.6 Å². The van der Waals surface area contributed by atoms with Crippen molar-refractivity contribution in [1.82, 2.24) is 4.98 Å². The zero-order valence-corrected chi connectivity index (χ0v) is 6.47. The van der Waals surface area contributed by atoms with Crippen molar-refractivity contribution in [3.63, 3.8) is 0 Å². The van der Waals surface area contributed by atoms with Gasteiger partial charge < -0.3 is 14.8 Å². The van der Waals surface area contributed by atoms with Crippen molar-refractivity contribution in [2.24, 2.45) is 0 Å². The van der Waals surface area contributed by atoms with E-state index >= 15 is 0 Å². The fraction of sp³-hybridized carbons (Fsp3) is 0.167. The summed E-state index contributed by atoms with van der Waals surface area (Å²) in [6, 6.07) is 0. The standard InChI is InChI=1S/C6H6ClNO3/c1-11-6(10)5-4(7)3(9)2-8-5/h2,8-9H,1H3. The summed E-state index contributed by atoms with van der Waals surface area (Å²) in [4.78, 5) is 13.3. The number of aromatic amines is 1. The van der Waals surface area contributed by atoms with Crippen LogP contribution in [0, 0.1) is 0 Å². The van der Waals surface area contributed by atoms with Gasteiger partial charge in [0.25, 0.3) is 0 Å². The number of hydrogen-bond acceptors (Lipinski definition) is 3. The molecular formula is C6H6ClNO3. The molecule has 0 aliphatic carbocycles. The van der Waals surface area contributed by atoms with Crippen molar-refractivity contribution in [2.45, 2.75) is 0 Å². The molecule has 0 unspecified atom stereocenters. The predicted molar refractivity (Wildman–Crippen MR) is 38.8 cm³/mol. The van der Waals surface area contributed by atoms with Gasteiger partial charge in [0.05, 0.1) is 7.11 Å². The molecule has 0 saturated heterocycles. The molecule has 0 aliphatic rings. The highest BCUT2D eigenvalue weighted by Gasteiger charge is 2.15. The van der Waals surface area contributed by atoms with Gasteiger partial charge in [-0.25, -0.2) is 4.79 Å². The number of rotatable bonds is 1. The van der Waals surface area contributed by atoms with E-state index in [0.29, 0.717) is 0 Å². The molecule has 1 aromatic rings. The van der Waals surface area contributed by atoms with Gasteiger partial charge in [-0.05, 0) is 0 Å². The summed E-state index contributed by atoms with van der Waals surface area (Å²) in [6.45, 7) is 0. The summed E-state index contributed by atoms with van der Waals surface area (Å²) in [5, 5.41) is 8.90. The van der Waals surface area contributed by atoms with Crippen LogP contribution in [0.5, 0.6) is 5.75 Å². The SMILES string of the molecule is COC(=O)c1[nH]cc(O)c1Cl. The maximum absolute atomic E-state index is 10.8. The van der Waals surface area contributed by atoms with Gasteiger partial charge in [-0.15, -0.1) is 0 Å². The van der Waals surface area contributed by atoms with E-state index in [4.69, 9.17) is 16.7 Å². The van der Waals surface area contributed by atoms with Crippen LogP contribution in [0.2, 0.25) is 5.02 Å². The summed E-state index contributed by atoms with van der Waals surface area (Å²) < 4.78 is 4.36. The van der Waals surface area contributed by atoms with Gasteiger partial charge >= 0.3 is 5.97 Å². The molecule has 0 radical (unpaired) electrons. The minimum Gasteiger partial charge on any atom is -0.505 e. The second-order valence-electron chi connectivity index (χ2n) is 1.85. The molecule has 2 N–H and O–H groups in total. The van der Waals surface area contributed by atoms with E-state index in [1.54, 1.807) is 0 Å². The summed E-state index contributed by atoms with van der Waals surface area (Å²) in [6.07, 6.45) is 1.22. The Kier molecular flexibility index (Phi) is 2.05. The van der Waals surface area contributed by atoms with Crippen molar-refractivity contribution in [1.29, 1.82) is 0 Å². The second kappa shape index (κ2) is 2.84. The molecule has 1 rings (SSSR count). The lowest BCUT2D eigenvalue weighted by Gasteiger charge is -1.94. The summed E-state index contributed by atoms with van der Waals surface area (Å²) in [7, 11) is 1.23. The largest absolute Gasteiger partial charge is 0.505 e. The third-order valence-electron chi connectivity index (χ3n) is 1.19. The van der Waals surface area contributed by atoms with Gasteiger partial charge in [-0.2, -0.15) is 0 Å². The van der Waals surface area contributed by atoms with E-state index in [9.17, 15) is 4.79 Å². The number of hydrogen-bond donors (Lipinski definition) is 2. The fourth-order valence-electron chi connectivity index (χ4n) is 0.646. The normalized spacial score (nSPS) is 9.64. The first-order chi connectivity index (χ1) is 5.16. The number of nitrogens with one attached hydrogen (secondary N) is 1. The first-order valence-electron chi connectivity index (χ1n) is 2.81. The number of carbonyl (C=O) groups excluding carboxylic acids is 1. The number of aromatic hydroxyl groups is 1. The van der Waals surface area contributed by atoms with Gasteiger partial charge in [0, 0.05) is 6.20 Å². The lowest BCUT2D eigenvalue weighted by Crippen LogP contribution is -2.01. The molecular weight excluding hydrogens is 170 g/mol. The van der Waals surface area contributed by atoms with Gasteiger partial charge in [-0.3, -0.25) is 0 Å². The maximum Gasteiger partial charge on any atom is 0.356 e. The molecule has 0 amide bonds. The van der Waals surface area contributed by atoms with E-state index in [1.165, 1.54) is 13.3 Å². The second-order valence-corrected chi connectivity index (χ2v) is 2.23. The van der Waals surface area contributed by atoms with Crippen molar-refractivity contribution >= 4 is 17.6 Å². The molecule has 11 heavy (non-hydrogen) atoms. The van der Waals surface area contributed by atoms with E-state index in [0.717, 1.165) is 0 Å². The first-order valence-corrected chi connectivity index (χ1v) is 3.18. The third-order valence-corrected chi connectivity index (χ3v) is 1.57. The summed E-state index contributed by atoms with van der Waals surface area (Å²) in [5.41, 5.74) is 0.0617. The zero-order chi connectivity index (χ0) is 8.43. The highest BCUT2D eigenvalue weighted by molar-refractivity contribution is 6.34. The molecule has 0 aliphatic heterocycles. The maximum atomic E-state index is 10.8. The third kappa shape index (κ3) is 1.30. The van der Waals surface area contributed by atoms with E-state index < -0.39 is 5.97 Å². The first kappa shape index (κ1) is 7.94. The average Bonchev–Trinajstić information content (AvgIpc) is 2.32. The lowest BCUT2D eigenvalue weighted by atomic mass is 10.4. The Hall–Kier alpha value is -1.16. The molecule has 0 fully saturated rings. The average molecular weight is 176 g/mol. The molecule has 5 heteroatoms. The van der Waals surface area contributed by atoms with Crippen LogP contribution in [0.15, 0.2) is 6.20 Å². The summed E-state index contributed by atoms with van der Waals surface area (Å²) in [5.74, 6) is -0.762. The number of H-pyrrole nitrogens is 1. The van der Waals surface area contributed by atoms with Crippen LogP contribution in [0.4, 0.5) is 0 Å². The number of carbonyl (C=O) groups is 1. The minimum absolute atomic E-state index is 0.0168. The minimum atomic E-state index is -0.602. The van der Waals surface area contributed by atoms with E-state index in [1.807, 2.05) is 0 Å². The van der Waals surface area contributed by atoms with Crippen LogP contribution in [-0.2, 0) is 4.74 Å². The Morgan fingerprint density at radius 3 is 2.82 bits per heavy atom. The molecule has 0 saturated carbocycles. The Balaban J connectivity index is 3.04. The van der Waals surface area contributed by atoms with Crippen LogP contribution >= 0.6 is 11.6 Å². The Morgan fingerprint density at radius 2 is 2.45 bits per heavy atom. The van der Waals surface area contributed by atoms with Crippen molar-refractivity contribution in [3.05, 3.63) is 16.9 Å². The highest BCUT2D eigenvalue weighted by atomic mass is 35.5. The Morgan fingerprint density at radius 1 is 1.82 bits per heavy atom. The zero-order valence-electron chi connectivity index (χ0n) is 5.72. The van der Waals surface area contributed by atoms with Gasteiger partial charge in [-0.1, -0.05) is 11.6 Å². The molecule has 0 atom stereocenters. The number of ether oxygens (including phenoxy) is 1. The lowest BCUT2D eigenvalue weighted by molar-refractivity contribution is 0.0595. The molecule has 4 nitrogen and oxygen atoms in total. The fourth-order valence-corrected chi connectivity index (χ4v) is 0.832. The molecule has 1 aromatic heterocycles. The van der Waals surface area contributed by atoms with Gasteiger partial charge in [0.15, 0.2) is 5.75 Å². The molecule has 1 heterocycles. The van der Waals surface area contributed by atoms with Crippen LogP contribution < -0.4 is 0 Å². The summed E-state index contributed by atoms with van der Waals surface area (Å²) >= 11 is 5.50. The van der Waals surface area contributed by atoms with Crippen molar-refractivity contribution in [2.75, 3.05) is 7.11 Å². The van der Waals surface area contributed by atoms with Crippen LogP contribution in [-0.4, -0.2) is 23.2 Å². The quantitative estimate of drug-likeness (QED) is 0.630. The van der Waals surface area contributed by atoms with E-state index in [-0.39, 0.29) is 16.5 Å². The van der Waals surface area contributed by atoms with Crippen LogP contribution in [0.25, 0.3) is 0 Å². The highest BCUT2D eigenvalue weighted by Crippen LogP contribution is 2.26. The molecule has 60 valence electrons. The van der Waals surface area contributed by atoms with Gasteiger partial charge in [0.1, 0.15) is 10.7 Å².